The van der Waals surface area contributed by atoms with Crippen LogP contribution in [0.15, 0.2) is 53.4 Å². The van der Waals surface area contributed by atoms with Gasteiger partial charge in [-0.15, -0.1) is 11.8 Å². The predicted octanol–water partition coefficient (Wildman–Crippen LogP) is 4.41. The van der Waals surface area contributed by atoms with Gasteiger partial charge in [0.25, 0.3) is 0 Å². The molecule has 2 amide bonds. The van der Waals surface area contributed by atoms with Crippen LogP contribution >= 0.6 is 11.8 Å². The summed E-state index contributed by atoms with van der Waals surface area (Å²) in [6.07, 6.45) is 3.01. The molecule has 3 rings (SSSR count). The highest BCUT2D eigenvalue weighted by Crippen LogP contribution is 2.23. The Morgan fingerprint density at radius 3 is 2.50 bits per heavy atom. The lowest BCUT2D eigenvalue weighted by Crippen LogP contribution is -2.35. The van der Waals surface area contributed by atoms with E-state index in [0.29, 0.717) is 24.6 Å². The Morgan fingerprint density at radius 1 is 1.10 bits per heavy atom. The Bertz CT molecular complexity index is 924. The van der Waals surface area contributed by atoms with E-state index in [1.807, 2.05) is 53.1 Å². The number of carbonyl (C=O) groups is 2. The molecular formula is C25H28N2O2S. The predicted molar refractivity (Wildman–Crippen MR) is 124 cm³/mol. The minimum Gasteiger partial charge on any atom is -0.345 e. The van der Waals surface area contributed by atoms with Gasteiger partial charge in [0.15, 0.2) is 0 Å². The van der Waals surface area contributed by atoms with Crippen molar-refractivity contribution in [3.8, 4) is 11.8 Å². The number of piperidine rings is 1. The second kappa shape index (κ2) is 10.9. The van der Waals surface area contributed by atoms with Crippen molar-refractivity contribution in [2.45, 2.75) is 49.7 Å². The first-order valence-corrected chi connectivity index (χ1v) is 11.3. The topological polar surface area (TPSA) is 49.4 Å². The molecule has 1 N–H and O–H groups in total. The first kappa shape index (κ1) is 22.0. The number of thioether (sulfide) groups is 1. The third kappa shape index (κ3) is 6.67. The molecular weight excluding hydrogens is 392 g/mol. The quantitative estimate of drug-likeness (QED) is 0.556. The van der Waals surface area contributed by atoms with Crippen LogP contribution < -0.4 is 10.2 Å². The summed E-state index contributed by atoms with van der Waals surface area (Å²) in [7, 11) is 0. The smallest absolute Gasteiger partial charge is 0.226 e. The zero-order valence-corrected chi connectivity index (χ0v) is 18.4. The summed E-state index contributed by atoms with van der Waals surface area (Å²) in [4.78, 5) is 27.2. The number of hydrogen-bond donors (Lipinski definition) is 1. The summed E-state index contributed by atoms with van der Waals surface area (Å²) >= 11 is 1.81. The third-order valence-electron chi connectivity index (χ3n) is 4.77. The van der Waals surface area contributed by atoms with Crippen molar-refractivity contribution in [1.29, 1.82) is 0 Å². The molecule has 1 aliphatic heterocycles. The molecule has 2 aromatic carbocycles. The molecule has 0 bridgehead atoms. The van der Waals surface area contributed by atoms with Crippen LogP contribution in [0.25, 0.3) is 0 Å². The van der Waals surface area contributed by atoms with E-state index >= 15 is 0 Å². The second-order valence-electron chi connectivity index (χ2n) is 7.62. The van der Waals surface area contributed by atoms with Gasteiger partial charge in [0.1, 0.15) is 0 Å². The van der Waals surface area contributed by atoms with Crippen LogP contribution in [-0.4, -0.2) is 30.2 Å². The van der Waals surface area contributed by atoms with Gasteiger partial charge in [0.2, 0.25) is 11.8 Å². The second-order valence-corrected chi connectivity index (χ2v) is 9.27. The number of nitrogens with zero attached hydrogens (tertiary/aromatic N) is 1. The lowest BCUT2D eigenvalue weighted by molar-refractivity contribution is -0.120. The first-order valence-electron chi connectivity index (χ1n) is 10.4. The van der Waals surface area contributed by atoms with Gasteiger partial charge in [-0.25, -0.2) is 0 Å². The number of rotatable bonds is 6. The van der Waals surface area contributed by atoms with E-state index in [4.69, 9.17) is 0 Å². The van der Waals surface area contributed by atoms with Crippen LogP contribution in [0.2, 0.25) is 0 Å². The van der Waals surface area contributed by atoms with Crippen molar-refractivity contribution >= 4 is 29.3 Å². The maximum absolute atomic E-state index is 12.1. The van der Waals surface area contributed by atoms with Crippen LogP contribution in [-0.2, 0) is 16.0 Å². The zero-order valence-electron chi connectivity index (χ0n) is 17.6. The molecule has 0 atom stereocenters. The van der Waals surface area contributed by atoms with E-state index < -0.39 is 0 Å². The molecule has 0 unspecified atom stereocenters. The minimum atomic E-state index is -0.0347. The van der Waals surface area contributed by atoms with Gasteiger partial charge in [0.05, 0.1) is 13.0 Å². The highest BCUT2D eigenvalue weighted by atomic mass is 32.2. The fourth-order valence-electron chi connectivity index (χ4n) is 3.30. The van der Waals surface area contributed by atoms with Crippen LogP contribution in [0.5, 0.6) is 0 Å². The number of carbonyl (C=O) groups excluding carboxylic acids is 2. The first-order chi connectivity index (χ1) is 14.5. The standard InChI is InChI=1S/C25H28N2O2S/c1-19(2)30-23-14-10-21(11-15-23)18-24(28)26-16-5-6-20-8-12-22(13-9-20)27-17-4-3-7-25(27)29/h8-15,19H,3-4,7,16-18H2,1-2H3,(H,26,28). The normalized spacial score (nSPS) is 13.7. The van der Waals surface area contributed by atoms with Gasteiger partial charge in [-0.3, -0.25) is 9.59 Å². The van der Waals surface area contributed by atoms with Gasteiger partial charge in [0, 0.05) is 34.4 Å². The molecule has 0 spiro atoms. The minimum absolute atomic E-state index is 0.0347. The van der Waals surface area contributed by atoms with Crippen molar-refractivity contribution in [3.63, 3.8) is 0 Å². The third-order valence-corrected chi connectivity index (χ3v) is 5.78. The Labute approximate surface area is 183 Å². The largest absolute Gasteiger partial charge is 0.345 e. The summed E-state index contributed by atoms with van der Waals surface area (Å²) in [6.45, 7) is 5.43. The Balaban J connectivity index is 1.45. The van der Waals surface area contributed by atoms with Crippen molar-refractivity contribution in [2.24, 2.45) is 0 Å². The average molecular weight is 421 g/mol. The molecule has 0 aliphatic carbocycles. The molecule has 2 aromatic rings. The van der Waals surface area contributed by atoms with Crippen molar-refractivity contribution < 1.29 is 9.59 Å². The molecule has 1 fully saturated rings. The monoisotopic (exact) mass is 420 g/mol. The average Bonchev–Trinajstić information content (AvgIpc) is 2.73. The van der Waals surface area contributed by atoms with Gasteiger partial charge in [-0.2, -0.15) is 0 Å². The molecule has 156 valence electrons. The number of anilines is 1. The maximum Gasteiger partial charge on any atom is 0.226 e. The molecule has 1 aliphatic rings. The van der Waals surface area contributed by atoms with E-state index in [2.05, 4.69) is 43.1 Å². The number of benzene rings is 2. The number of nitrogens with one attached hydrogen (secondary N) is 1. The SMILES string of the molecule is CC(C)Sc1ccc(CC(=O)NCC#Cc2ccc(N3CCCCC3=O)cc2)cc1. The molecule has 30 heavy (non-hydrogen) atoms. The summed E-state index contributed by atoms with van der Waals surface area (Å²) in [5.41, 5.74) is 2.79. The van der Waals surface area contributed by atoms with E-state index in [9.17, 15) is 9.59 Å². The van der Waals surface area contributed by atoms with Gasteiger partial charge < -0.3 is 10.2 Å². The molecule has 1 saturated heterocycles. The highest BCUT2D eigenvalue weighted by Gasteiger charge is 2.19. The molecule has 1 heterocycles. The molecule has 4 nitrogen and oxygen atoms in total. The van der Waals surface area contributed by atoms with Gasteiger partial charge in [-0.05, 0) is 54.8 Å². The molecule has 0 radical (unpaired) electrons. The summed E-state index contributed by atoms with van der Waals surface area (Å²) < 4.78 is 0. The summed E-state index contributed by atoms with van der Waals surface area (Å²) in [5, 5.41) is 3.39. The summed E-state index contributed by atoms with van der Waals surface area (Å²) in [6, 6.07) is 15.9. The fraction of sp³-hybridized carbons (Fsp3) is 0.360. The zero-order chi connectivity index (χ0) is 21.3. The number of amides is 2. The van der Waals surface area contributed by atoms with Crippen LogP contribution in [0.3, 0.4) is 0 Å². The van der Waals surface area contributed by atoms with E-state index in [1.54, 1.807) is 0 Å². The molecule has 0 saturated carbocycles. The Kier molecular flexibility index (Phi) is 7.98. The van der Waals surface area contributed by atoms with E-state index in [1.165, 1.54) is 4.90 Å². The van der Waals surface area contributed by atoms with Crippen molar-refractivity contribution in [3.05, 3.63) is 59.7 Å². The van der Waals surface area contributed by atoms with Gasteiger partial charge >= 0.3 is 0 Å². The Morgan fingerprint density at radius 2 is 1.83 bits per heavy atom. The van der Waals surface area contributed by atoms with Crippen molar-refractivity contribution in [2.75, 3.05) is 18.0 Å². The maximum atomic E-state index is 12.1. The molecule has 0 aromatic heterocycles. The van der Waals surface area contributed by atoms with Crippen LogP contribution in [0.4, 0.5) is 5.69 Å². The van der Waals surface area contributed by atoms with Gasteiger partial charge in [-0.1, -0.05) is 37.8 Å². The van der Waals surface area contributed by atoms with Crippen LogP contribution in [0, 0.1) is 11.8 Å². The summed E-state index contributed by atoms with van der Waals surface area (Å²) in [5.74, 6) is 6.21. The number of hydrogen-bond acceptors (Lipinski definition) is 3. The molecule has 5 heteroatoms. The lowest BCUT2D eigenvalue weighted by atomic mass is 10.1. The Hall–Kier alpha value is -2.71. The highest BCUT2D eigenvalue weighted by molar-refractivity contribution is 7.99. The fourth-order valence-corrected chi connectivity index (χ4v) is 4.14. The van der Waals surface area contributed by atoms with Crippen molar-refractivity contribution in [1.82, 2.24) is 5.32 Å². The van der Waals surface area contributed by atoms with E-state index in [0.717, 1.165) is 36.2 Å². The lowest BCUT2D eigenvalue weighted by Gasteiger charge is -2.26. The van der Waals surface area contributed by atoms with Crippen LogP contribution in [0.1, 0.15) is 44.2 Å². The van der Waals surface area contributed by atoms with E-state index in [-0.39, 0.29) is 11.8 Å².